The monoisotopic (exact) mass is 446 g/mol. The Morgan fingerprint density at radius 3 is 2.47 bits per heavy atom. The maximum Gasteiger partial charge on any atom is 0.242 e. The molecule has 162 valence electrons. The number of nitrogens with one attached hydrogen (secondary N) is 1. The van der Waals surface area contributed by atoms with Crippen LogP contribution in [0.4, 0.5) is 0 Å². The fourth-order valence-electron chi connectivity index (χ4n) is 3.02. The summed E-state index contributed by atoms with van der Waals surface area (Å²) in [5.41, 5.74) is 3.23. The van der Waals surface area contributed by atoms with Crippen molar-refractivity contribution in [2.75, 3.05) is 5.75 Å². The van der Waals surface area contributed by atoms with Gasteiger partial charge in [-0.25, -0.2) is 0 Å². The zero-order chi connectivity index (χ0) is 22.1. The van der Waals surface area contributed by atoms with E-state index in [-0.39, 0.29) is 17.9 Å². The largest absolute Gasteiger partial charge is 0.352 e. The van der Waals surface area contributed by atoms with E-state index >= 15 is 0 Å². The zero-order valence-corrected chi connectivity index (χ0v) is 19.7. The summed E-state index contributed by atoms with van der Waals surface area (Å²) < 4.78 is 0. The molecule has 4 nitrogen and oxygen atoms in total. The molecule has 0 aliphatic heterocycles. The predicted octanol–water partition coefficient (Wildman–Crippen LogP) is 5.21. The number of nitrogens with zero attached hydrogens (tertiary/aromatic N) is 1. The lowest BCUT2D eigenvalue weighted by Crippen LogP contribution is -2.50. The first kappa shape index (κ1) is 24.3. The SMILES string of the molecule is CC[C@@H](C)NC(=O)[C@H](C)N(Cc1cccc(C)c1)C(=O)CSCc1cccc(Cl)c1. The van der Waals surface area contributed by atoms with Crippen molar-refractivity contribution >= 4 is 35.2 Å². The molecule has 2 aromatic rings. The first-order valence-electron chi connectivity index (χ1n) is 10.3. The molecule has 0 fully saturated rings. The molecule has 2 aromatic carbocycles. The van der Waals surface area contributed by atoms with Crippen molar-refractivity contribution in [2.45, 2.75) is 58.5 Å². The van der Waals surface area contributed by atoms with Crippen LogP contribution in [0, 0.1) is 6.92 Å². The van der Waals surface area contributed by atoms with Gasteiger partial charge < -0.3 is 10.2 Å². The van der Waals surface area contributed by atoms with Crippen LogP contribution in [-0.2, 0) is 21.9 Å². The first-order chi connectivity index (χ1) is 14.3. The third-order valence-electron chi connectivity index (χ3n) is 4.99. The van der Waals surface area contributed by atoms with Crippen LogP contribution in [0.25, 0.3) is 0 Å². The molecule has 2 amide bonds. The van der Waals surface area contributed by atoms with Gasteiger partial charge in [0.1, 0.15) is 6.04 Å². The molecule has 2 rings (SSSR count). The van der Waals surface area contributed by atoms with Crippen molar-refractivity contribution in [2.24, 2.45) is 0 Å². The highest BCUT2D eigenvalue weighted by Gasteiger charge is 2.26. The summed E-state index contributed by atoms with van der Waals surface area (Å²) in [6, 6.07) is 15.2. The smallest absolute Gasteiger partial charge is 0.242 e. The van der Waals surface area contributed by atoms with Gasteiger partial charge in [0.05, 0.1) is 5.75 Å². The van der Waals surface area contributed by atoms with Crippen LogP contribution in [0.15, 0.2) is 48.5 Å². The van der Waals surface area contributed by atoms with E-state index in [2.05, 4.69) is 11.4 Å². The third-order valence-corrected chi connectivity index (χ3v) is 6.21. The molecule has 0 aromatic heterocycles. The second kappa shape index (κ2) is 12.0. The van der Waals surface area contributed by atoms with Crippen molar-refractivity contribution in [3.8, 4) is 0 Å². The lowest BCUT2D eigenvalue weighted by Gasteiger charge is -2.29. The summed E-state index contributed by atoms with van der Waals surface area (Å²) in [6.45, 7) is 8.23. The van der Waals surface area contributed by atoms with Crippen molar-refractivity contribution in [3.05, 3.63) is 70.2 Å². The Balaban J connectivity index is 2.08. The minimum atomic E-state index is -0.543. The molecule has 6 heteroatoms. The molecule has 0 aliphatic rings. The highest BCUT2D eigenvalue weighted by molar-refractivity contribution is 7.99. The van der Waals surface area contributed by atoms with Gasteiger partial charge in [0, 0.05) is 23.4 Å². The molecule has 0 unspecified atom stereocenters. The maximum atomic E-state index is 13.1. The molecule has 0 radical (unpaired) electrons. The van der Waals surface area contributed by atoms with Crippen LogP contribution in [-0.4, -0.2) is 34.6 Å². The molecule has 0 saturated heterocycles. The quantitative estimate of drug-likeness (QED) is 0.544. The summed E-state index contributed by atoms with van der Waals surface area (Å²) in [5.74, 6) is 0.831. The molecule has 0 aliphatic carbocycles. The second-order valence-electron chi connectivity index (χ2n) is 7.63. The van der Waals surface area contributed by atoms with Gasteiger partial charge in [0.2, 0.25) is 11.8 Å². The molecular weight excluding hydrogens is 416 g/mol. The summed E-state index contributed by atoms with van der Waals surface area (Å²) in [4.78, 5) is 27.5. The van der Waals surface area contributed by atoms with Crippen LogP contribution < -0.4 is 5.32 Å². The Morgan fingerprint density at radius 2 is 1.80 bits per heavy atom. The van der Waals surface area contributed by atoms with Gasteiger partial charge in [-0.2, -0.15) is 0 Å². The van der Waals surface area contributed by atoms with Crippen molar-refractivity contribution in [1.82, 2.24) is 10.2 Å². The third kappa shape index (κ3) is 7.69. The molecular formula is C24H31ClN2O2S. The van der Waals surface area contributed by atoms with Gasteiger partial charge >= 0.3 is 0 Å². The minimum Gasteiger partial charge on any atom is -0.352 e. The van der Waals surface area contributed by atoms with Gasteiger partial charge in [-0.15, -0.1) is 11.8 Å². The summed E-state index contributed by atoms with van der Waals surface area (Å²) in [5, 5.41) is 3.69. The molecule has 0 saturated carbocycles. The van der Waals surface area contributed by atoms with Gasteiger partial charge in [-0.05, 0) is 50.5 Å². The standard InChI is InChI=1S/C24H31ClN2O2S/c1-5-18(3)26-24(29)19(4)27(14-20-9-6-8-17(2)12-20)23(28)16-30-15-21-10-7-11-22(25)13-21/h6-13,18-19H,5,14-16H2,1-4H3,(H,26,29)/t18-,19+/m1/s1. The Hall–Kier alpha value is -1.98. The average Bonchev–Trinajstić information content (AvgIpc) is 2.71. The number of hydrogen-bond acceptors (Lipinski definition) is 3. The van der Waals surface area contributed by atoms with E-state index < -0.39 is 6.04 Å². The summed E-state index contributed by atoms with van der Waals surface area (Å²) in [7, 11) is 0. The number of amides is 2. The van der Waals surface area contributed by atoms with Gasteiger partial charge in [-0.3, -0.25) is 9.59 Å². The van der Waals surface area contributed by atoms with Crippen molar-refractivity contribution < 1.29 is 9.59 Å². The van der Waals surface area contributed by atoms with E-state index in [9.17, 15) is 9.59 Å². The molecule has 0 bridgehead atoms. The number of rotatable bonds is 10. The number of aryl methyl sites for hydroxylation is 1. The van der Waals surface area contributed by atoms with Gasteiger partial charge in [0.15, 0.2) is 0 Å². The van der Waals surface area contributed by atoms with E-state index in [1.807, 2.05) is 63.2 Å². The van der Waals surface area contributed by atoms with Crippen LogP contribution >= 0.6 is 23.4 Å². The number of benzene rings is 2. The fraction of sp³-hybridized carbons (Fsp3) is 0.417. The van der Waals surface area contributed by atoms with Crippen LogP contribution in [0.1, 0.15) is 43.9 Å². The Labute approximate surface area is 189 Å². The normalized spacial score (nSPS) is 12.8. The van der Waals surface area contributed by atoms with Gasteiger partial charge in [0.25, 0.3) is 0 Å². The molecule has 2 atom stereocenters. The fourth-order valence-corrected chi connectivity index (χ4v) is 4.09. The lowest BCUT2D eigenvalue weighted by molar-refractivity contribution is -0.138. The van der Waals surface area contributed by atoms with Crippen LogP contribution in [0.5, 0.6) is 0 Å². The first-order valence-corrected chi connectivity index (χ1v) is 11.8. The van der Waals surface area contributed by atoms with E-state index in [1.54, 1.807) is 11.8 Å². The van der Waals surface area contributed by atoms with Crippen molar-refractivity contribution in [3.63, 3.8) is 0 Å². The van der Waals surface area contributed by atoms with Crippen molar-refractivity contribution in [1.29, 1.82) is 0 Å². The Morgan fingerprint density at radius 1 is 1.10 bits per heavy atom. The number of carbonyl (C=O) groups is 2. The summed E-state index contributed by atoms with van der Waals surface area (Å²) in [6.07, 6.45) is 0.847. The number of halogens is 1. The van der Waals surface area contributed by atoms with E-state index in [0.29, 0.717) is 23.1 Å². The Bertz CT molecular complexity index is 859. The van der Waals surface area contributed by atoms with Crippen LogP contribution in [0.2, 0.25) is 5.02 Å². The predicted molar refractivity (Wildman–Crippen MR) is 127 cm³/mol. The number of hydrogen-bond donors (Lipinski definition) is 1. The van der Waals surface area contributed by atoms with E-state index in [4.69, 9.17) is 11.6 Å². The number of thioether (sulfide) groups is 1. The minimum absolute atomic E-state index is 0.0460. The van der Waals surface area contributed by atoms with E-state index in [1.165, 1.54) is 11.8 Å². The molecule has 30 heavy (non-hydrogen) atoms. The highest BCUT2D eigenvalue weighted by Crippen LogP contribution is 2.19. The van der Waals surface area contributed by atoms with Crippen LogP contribution in [0.3, 0.4) is 0 Å². The topological polar surface area (TPSA) is 49.4 Å². The molecule has 0 spiro atoms. The number of carbonyl (C=O) groups excluding carboxylic acids is 2. The molecule has 0 heterocycles. The highest BCUT2D eigenvalue weighted by atomic mass is 35.5. The maximum absolute atomic E-state index is 13.1. The van der Waals surface area contributed by atoms with E-state index in [0.717, 1.165) is 23.1 Å². The average molecular weight is 447 g/mol. The zero-order valence-electron chi connectivity index (χ0n) is 18.2. The summed E-state index contributed by atoms with van der Waals surface area (Å²) >= 11 is 7.57. The lowest BCUT2D eigenvalue weighted by atomic mass is 10.1. The van der Waals surface area contributed by atoms with Gasteiger partial charge in [-0.1, -0.05) is 60.5 Å². The second-order valence-corrected chi connectivity index (χ2v) is 9.05. The Kier molecular flexibility index (Phi) is 9.73. The molecule has 1 N–H and O–H groups in total.